The van der Waals surface area contributed by atoms with Crippen LogP contribution in [0.15, 0.2) is 21.5 Å². The average Bonchev–Trinajstić information content (AvgIpc) is 2.78. The predicted octanol–water partition coefficient (Wildman–Crippen LogP) is 3.05. The molecule has 1 aromatic carbocycles. The average molecular weight is 397 g/mol. The molecule has 1 aromatic rings. The van der Waals surface area contributed by atoms with Crippen molar-refractivity contribution >= 4 is 47.3 Å². The van der Waals surface area contributed by atoms with E-state index in [1.165, 1.54) is 6.07 Å². The quantitative estimate of drug-likeness (QED) is 0.797. The summed E-state index contributed by atoms with van der Waals surface area (Å²) in [7, 11) is 1.55. The third kappa shape index (κ3) is 3.97. The maximum atomic E-state index is 12.1. The third-order valence-electron chi connectivity index (χ3n) is 3.35. The zero-order valence-corrected chi connectivity index (χ0v) is 14.7. The Hall–Kier alpha value is -0.630. The van der Waals surface area contributed by atoms with Crippen LogP contribution < -0.4 is 5.32 Å². The number of halogens is 2. The fraction of sp³-hybridized carbons (Fsp3) is 0.462. The van der Waals surface area contributed by atoms with Crippen molar-refractivity contribution in [3.05, 3.63) is 22.2 Å². The van der Waals surface area contributed by atoms with Crippen molar-refractivity contribution in [2.45, 2.75) is 31.3 Å². The van der Waals surface area contributed by atoms with Gasteiger partial charge in [-0.05, 0) is 53.9 Å². The normalized spacial score (nSPS) is 22.3. The number of anilines is 1. The second kappa shape index (κ2) is 6.24. The molecule has 0 saturated carbocycles. The number of hydrogen-bond acceptors (Lipinski definition) is 4. The number of benzene rings is 1. The predicted molar refractivity (Wildman–Crippen MR) is 84.1 cm³/mol. The summed E-state index contributed by atoms with van der Waals surface area (Å²) in [6, 6.07) is 2.97. The van der Waals surface area contributed by atoms with E-state index in [4.69, 9.17) is 15.4 Å². The van der Waals surface area contributed by atoms with Crippen LogP contribution in [0.3, 0.4) is 0 Å². The Kier molecular flexibility index (Phi) is 4.97. The molecule has 0 aromatic heterocycles. The lowest BCUT2D eigenvalue weighted by atomic mass is 10.1. The molecule has 1 aliphatic heterocycles. The summed E-state index contributed by atoms with van der Waals surface area (Å²) in [4.78, 5) is 12.2. The van der Waals surface area contributed by atoms with Gasteiger partial charge in [0, 0.05) is 15.2 Å². The Labute approximate surface area is 136 Å². The number of aryl methyl sites for hydroxylation is 1. The molecule has 0 spiro atoms. The van der Waals surface area contributed by atoms with E-state index in [2.05, 4.69) is 21.2 Å². The molecular weight excluding hydrogens is 382 g/mol. The molecule has 1 amide bonds. The van der Waals surface area contributed by atoms with Gasteiger partial charge in [0.1, 0.15) is 0 Å². The van der Waals surface area contributed by atoms with Crippen molar-refractivity contribution in [3.63, 3.8) is 0 Å². The van der Waals surface area contributed by atoms with E-state index in [1.807, 2.05) is 6.92 Å². The lowest BCUT2D eigenvalue weighted by Gasteiger charge is -2.13. The third-order valence-corrected chi connectivity index (χ3v) is 5.47. The Morgan fingerprint density at radius 1 is 1.48 bits per heavy atom. The van der Waals surface area contributed by atoms with Crippen molar-refractivity contribution < 1.29 is 17.9 Å². The van der Waals surface area contributed by atoms with Gasteiger partial charge in [0.05, 0.1) is 29.2 Å². The second-order valence-corrected chi connectivity index (χ2v) is 8.49. The number of nitrogens with one attached hydrogen (secondary N) is 1. The number of hydrogen-bond donors (Lipinski definition) is 1. The molecule has 0 bridgehead atoms. The van der Waals surface area contributed by atoms with Crippen LogP contribution in [0.4, 0.5) is 5.69 Å². The van der Waals surface area contributed by atoms with Crippen LogP contribution in [0.25, 0.3) is 0 Å². The van der Waals surface area contributed by atoms with Gasteiger partial charge in [-0.2, -0.15) is 0 Å². The summed E-state index contributed by atoms with van der Waals surface area (Å²) < 4.78 is 28.7. The van der Waals surface area contributed by atoms with Crippen LogP contribution in [-0.4, -0.2) is 27.0 Å². The van der Waals surface area contributed by atoms with E-state index in [9.17, 15) is 13.2 Å². The molecule has 1 saturated heterocycles. The smallest absolute Gasteiger partial charge is 0.261 e. The van der Waals surface area contributed by atoms with Gasteiger partial charge in [-0.15, -0.1) is 0 Å². The van der Waals surface area contributed by atoms with Crippen molar-refractivity contribution in [1.82, 2.24) is 0 Å². The summed E-state index contributed by atoms with van der Waals surface area (Å²) >= 11 is 3.25. The summed E-state index contributed by atoms with van der Waals surface area (Å²) in [5, 5.41) is 2.79. The van der Waals surface area contributed by atoms with Gasteiger partial charge in [0.2, 0.25) is 5.91 Å². The first-order chi connectivity index (χ1) is 9.68. The highest BCUT2D eigenvalue weighted by Crippen LogP contribution is 2.31. The molecule has 1 heterocycles. The Morgan fingerprint density at radius 3 is 2.67 bits per heavy atom. The lowest BCUT2D eigenvalue weighted by Crippen LogP contribution is -2.23. The van der Waals surface area contributed by atoms with Crippen LogP contribution in [0.1, 0.15) is 18.9 Å². The molecule has 2 rings (SSSR count). The maximum Gasteiger partial charge on any atom is 0.261 e. The lowest BCUT2D eigenvalue weighted by molar-refractivity contribution is -0.119. The van der Waals surface area contributed by atoms with Gasteiger partial charge in [-0.25, -0.2) is 8.42 Å². The summed E-state index contributed by atoms with van der Waals surface area (Å²) in [5.41, 5.74) is 0.987. The van der Waals surface area contributed by atoms with Crippen LogP contribution >= 0.6 is 26.6 Å². The molecule has 21 heavy (non-hydrogen) atoms. The summed E-state index contributed by atoms with van der Waals surface area (Å²) in [6.45, 7) is 3.95. The van der Waals surface area contributed by atoms with Crippen LogP contribution in [-0.2, 0) is 18.6 Å². The van der Waals surface area contributed by atoms with Crippen molar-refractivity contribution in [1.29, 1.82) is 0 Å². The molecular formula is C13H15BrClNO4S. The molecule has 1 aliphatic rings. The molecule has 0 radical (unpaired) electrons. The van der Waals surface area contributed by atoms with Gasteiger partial charge < -0.3 is 10.1 Å². The van der Waals surface area contributed by atoms with Crippen LogP contribution in [0.2, 0.25) is 0 Å². The van der Waals surface area contributed by atoms with E-state index in [0.717, 1.165) is 0 Å². The van der Waals surface area contributed by atoms with Crippen molar-refractivity contribution in [2.24, 2.45) is 5.92 Å². The van der Waals surface area contributed by atoms with Crippen LogP contribution in [0, 0.1) is 12.8 Å². The standard InChI is InChI=1S/C13H15BrClNO4S/c1-7-3-11(10(14)5-12(7)21(15,18)19)16-13(17)9-4-8(2)20-6-9/h3,5,8-9H,4,6H2,1-2H3,(H,16,17). The highest BCUT2D eigenvalue weighted by atomic mass is 79.9. The topological polar surface area (TPSA) is 72.5 Å². The molecule has 2 atom stereocenters. The fourth-order valence-electron chi connectivity index (χ4n) is 2.26. The highest BCUT2D eigenvalue weighted by Gasteiger charge is 2.28. The van der Waals surface area contributed by atoms with Gasteiger partial charge in [0.15, 0.2) is 0 Å². The minimum Gasteiger partial charge on any atom is -0.378 e. The number of ether oxygens (including phenoxy) is 1. The van der Waals surface area contributed by atoms with E-state index in [-0.39, 0.29) is 22.8 Å². The van der Waals surface area contributed by atoms with Gasteiger partial charge in [-0.1, -0.05) is 0 Å². The maximum absolute atomic E-state index is 12.1. The molecule has 2 unspecified atom stereocenters. The Balaban J connectivity index is 2.22. The second-order valence-electron chi connectivity index (χ2n) is 5.10. The van der Waals surface area contributed by atoms with E-state index >= 15 is 0 Å². The summed E-state index contributed by atoms with van der Waals surface area (Å²) in [5.74, 6) is -0.329. The Bertz CT molecular complexity index is 677. The first kappa shape index (κ1) is 16.7. The van der Waals surface area contributed by atoms with Gasteiger partial charge in [-0.3, -0.25) is 4.79 Å². The SMILES string of the molecule is Cc1cc(NC(=O)C2COC(C)C2)c(Br)cc1S(=O)(=O)Cl. The molecule has 5 nitrogen and oxygen atoms in total. The van der Waals surface area contributed by atoms with Crippen molar-refractivity contribution in [3.8, 4) is 0 Å². The molecule has 1 fully saturated rings. The van der Waals surface area contributed by atoms with E-state index < -0.39 is 9.05 Å². The number of amides is 1. The van der Waals surface area contributed by atoms with Crippen molar-refractivity contribution in [2.75, 3.05) is 11.9 Å². The largest absolute Gasteiger partial charge is 0.378 e. The molecule has 8 heteroatoms. The number of carbonyl (C=O) groups is 1. The number of rotatable bonds is 3. The molecule has 0 aliphatic carbocycles. The van der Waals surface area contributed by atoms with E-state index in [0.29, 0.717) is 28.8 Å². The Morgan fingerprint density at radius 2 is 2.14 bits per heavy atom. The molecule has 116 valence electrons. The van der Waals surface area contributed by atoms with E-state index in [1.54, 1.807) is 13.0 Å². The zero-order valence-electron chi connectivity index (χ0n) is 11.5. The minimum absolute atomic E-state index is 0.0202. The first-order valence-corrected chi connectivity index (χ1v) is 9.46. The minimum atomic E-state index is -3.81. The fourth-order valence-corrected chi connectivity index (χ4v) is 4.05. The van der Waals surface area contributed by atoms with Crippen LogP contribution in [0.5, 0.6) is 0 Å². The van der Waals surface area contributed by atoms with Gasteiger partial charge >= 0.3 is 0 Å². The number of carbonyl (C=O) groups excluding carboxylic acids is 1. The zero-order chi connectivity index (χ0) is 15.8. The monoisotopic (exact) mass is 395 g/mol. The molecule has 1 N–H and O–H groups in total. The first-order valence-electron chi connectivity index (χ1n) is 6.35. The van der Waals surface area contributed by atoms with Gasteiger partial charge in [0.25, 0.3) is 9.05 Å². The summed E-state index contributed by atoms with van der Waals surface area (Å²) in [6.07, 6.45) is 0.756. The highest BCUT2D eigenvalue weighted by molar-refractivity contribution is 9.10.